The lowest BCUT2D eigenvalue weighted by Gasteiger charge is -2.29. The number of aromatic nitrogens is 4. The van der Waals surface area contributed by atoms with Crippen LogP contribution in [0.5, 0.6) is 0 Å². The van der Waals surface area contributed by atoms with Crippen molar-refractivity contribution in [3.8, 4) is 0 Å². The molecule has 0 unspecified atom stereocenters. The maximum Gasteiger partial charge on any atom is 0.475 e. The Labute approximate surface area is 160 Å². The van der Waals surface area contributed by atoms with Crippen molar-refractivity contribution in [2.45, 2.75) is 19.1 Å². The van der Waals surface area contributed by atoms with Gasteiger partial charge in [-0.2, -0.15) is 0 Å². The zero-order valence-electron chi connectivity index (χ0n) is 14.2. The van der Waals surface area contributed by atoms with E-state index in [2.05, 4.69) is 15.0 Å². The van der Waals surface area contributed by atoms with Crippen molar-refractivity contribution in [2.24, 2.45) is 0 Å². The number of nitrogens with two attached hydrogens (primary N) is 1. The quantitative estimate of drug-likeness (QED) is 0.638. The molecule has 0 spiro atoms. The van der Waals surface area contributed by atoms with Crippen LogP contribution in [-0.4, -0.2) is 32.7 Å². The lowest BCUT2D eigenvalue weighted by Crippen LogP contribution is -2.16. The van der Waals surface area contributed by atoms with Crippen LogP contribution in [0.4, 0.5) is 5.82 Å². The van der Waals surface area contributed by atoms with E-state index in [0.717, 1.165) is 5.56 Å². The van der Waals surface area contributed by atoms with Gasteiger partial charge in [-0.05, 0) is 17.7 Å². The van der Waals surface area contributed by atoms with Gasteiger partial charge in [0.25, 0.3) is 0 Å². The van der Waals surface area contributed by atoms with Crippen LogP contribution in [0, 0.1) is 0 Å². The fraction of sp³-hybridized carbons (Fsp3) is 0.312. The van der Waals surface area contributed by atoms with Crippen LogP contribution in [0.3, 0.4) is 0 Å². The van der Waals surface area contributed by atoms with Gasteiger partial charge in [-0.1, -0.05) is 23.7 Å². The van der Waals surface area contributed by atoms with Crippen LogP contribution in [-0.2, 0) is 24.7 Å². The largest absolute Gasteiger partial charge is 0.475 e. The predicted octanol–water partition coefficient (Wildman–Crippen LogP) is 3.36. The average molecular weight is 410 g/mol. The van der Waals surface area contributed by atoms with Crippen LogP contribution < -0.4 is 5.73 Å². The third kappa shape index (κ3) is 3.97. The molecule has 1 aliphatic rings. The van der Waals surface area contributed by atoms with Crippen molar-refractivity contribution in [1.82, 2.24) is 19.5 Å². The summed E-state index contributed by atoms with van der Waals surface area (Å²) < 4.78 is 30.9. The molecule has 2 atom stereocenters. The zero-order valence-corrected chi connectivity index (χ0v) is 15.8. The molecule has 142 valence electrons. The van der Waals surface area contributed by atoms with Crippen molar-refractivity contribution in [3.05, 3.63) is 47.5 Å². The number of hydrogen-bond acceptors (Lipinski definition) is 8. The number of nitrogens with zero attached hydrogens (tertiary/aromatic N) is 4. The SMILES string of the molecule is Nc1ncnc2c1ncn2CCO[P@@]1(=O)OCC[C@@H](c2cccc(Cl)c2)O1. The van der Waals surface area contributed by atoms with Crippen molar-refractivity contribution in [2.75, 3.05) is 18.9 Å². The first kappa shape index (κ1) is 18.3. The van der Waals surface area contributed by atoms with E-state index < -0.39 is 13.9 Å². The number of rotatable bonds is 5. The molecule has 1 aliphatic heterocycles. The van der Waals surface area contributed by atoms with Crippen LogP contribution in [0.1, 0.15) is 18.1 Å². The average Bonchev–Trinajstić information content (AvgIpc) is 3.06. The minimum absolute atomic E-state index is 0.0922. The Hall–Kier alpha value is -2.03. The molecule has 1 aromatic carbocycles. The molecular weight excluding hydrogens is 393 g/mol. The van der Waals surface area contributed by atoms with Crippen LogP contribution in [0.2, 0.25) is 5.02 Å². The molecule has 0 amide bonds. The van der Waals surface area contributed by atoms with Gasteiger partial charge in [0.1, 0.15) is 11.8 Å². The minimum atomic E-state index is -3.67. The number of nitrogen functional groups attached to an aromatic ring is 1. The highest BCUT2D eigenvalue weighted by Gasteiger charge is 2.36. The Bertz CT molecular complexity index is 1010. The summed E-state index contributed by atoms with van der Waals surface area (Å²) in [7, 11) is -3.67. The van der Waals surface area contributed by atoms with Crippen LogP contribution in [0.25, 0.3) is 11.2 Å². The molecule has 0 bridgehead atoms. The monoisotopic (exact) mass is 409 g/mol. The molecule has 4 rings (SSSR count). The number of halogens is 1. The molecule has 0 radical (unpaired) electrons. The van der Waals surface area contributed by atoms with Gasteiger partial charge in [0.05, 0.1) is 25.6 Å². The maximum absolute atomic E-state index is 12.8. The fourth-order valence-corrected chi connectivity index (χ4v) is 4.39. The number of phosphoric ester groups is 1. The molecule has 1 fully saturated rings. The summed E-state index contributed by atoms with van der Waals surface area (Å²) in [4.78, 5) is 12.2. The van der Waals surface area contributed by atoms with Gasteiger partial charge in [-0.25, -0.2) is 19.5 Å². The third-order valence-corrected chi connectivity index (χ3v) is 5.86. The number of benzene rings is 1. The molecule has 1 saturated heterocycles. The highest BCUT2D eigenvalue weighted by molar-refractivity contribution is 7.48. The van der Waals surface area contributed by atoms with E-state index in [1.807, 2.05) is 12.1 Å². The molecule has 9 nitrogen and oxygen atoms in total. The molecule has 3 heterocycles. The van der Waals surface area contributed by atoms with E-state index in [4.69, 9.17) is 30.9 Å². The highest BCUT2D eigenvalue weighted by Crippen LogP contribution is 2.56. The summed E-state index contributed by atoms with van der Waals surface area (Å²) in [6, 6.07) is 7.24. The first-order valence-corrected chi connectivity index (χ1v) is 10.1. The van der Waals surface area contributed by atoms with Crippen LogP contribution >= 0.6 is 19.4 Å². The van der Waals surface area contributed by atoms with Gasteiger partial charge in [0.15, 0.2) is 11.5 Å². The summed E-state index contributed by atoms with van der Waals surface area (Å²) in [6.45, 7) is 0.715. The smallest absolute Gasteiger partial charge is 0.382 e. The molecule has 0 saturated carbocycles. The van der Waals surface area contributed by atoms with Gasteiger partial charge in [0, 0.05) is 18.0 Å². The Kier molecular flexibility index (Phi) is 5.12. The Balaban J connectivity index is 1.41. The van der Waals surface area contributed by atoms with Gasteiger partial charge in [0.2, 0.25) is 0 Å². The summed E-state index contributed by atoms with van der Waals surface area (Å²) in [5.74, 6) is 0.302. The molecule has 3 aromatic rings. The molecule has 2 aromatic heterocycles. The molecule has 0 aliphatic carbocycles. The van der Waals surface area contributed by atoms with Crippen molar-refractivity contribution < 1.29 is 18.1 Å². The number of hydrogen-bond donors (Lipinski definition) is 1. The van der Waals surface area contributed by atoms with Crippen molar-refractivity contribution in [1.29, 1.82) is 0 Å². The Morgan fingerprint density at radius 2 is 2.26 bits per heavy atom. The lowest BCUT2D eigenvalue weighted by atomic mass is 10.1. The predicted molar refractivity (Wildman–Crippen MR) is 99.1 cm³/mol. The summed E-state index contributed by atoms with van der Waals surface area (Å²) in [5.41, 5.74) is 7.69. The Morgan fingerprint density at radius 1 is 1.37 bits per heavy atom. The second kappa shape index (κ2) is 7.53. The summed E-state index contributed by atoms with van der Waals surface area (Å²) in [6.07, 6.45) is 3.11. The minimum Gasteiger partial charge on any atom is -0.382 e. The first-order valence-electron chi connectivity index (χ1n) is 8.28. The van der Waals surface area contributed by atoms with Crippen molar-refractivity contribution in [3.63, 3.8) is 0 Å². The van der Waals surface area contributed by atoms with E-state index in [1.165, 1.54) is 6.33 Å². The van der Waals surface area contributed by atoms with E-state index in [-0.39, 0.29) is 13.2 Å². The van der Waals surface area contributed by atoms with E-state index >= 15 is 0 Å². The van der Waals surface area contributed by atoms with Crippen molar-refractivity contribution >= 4 is 36.4 Å². The second-order valence-corrected chi connectivity index (χ2v) is 7.98. The van der Waals surface area contributed by atoms with E-state index in [1.54, 1.807) is 23.0 Å². The number of anilines is 1. The van der Waals surface area contributed by atoms with Gasteiger partial charge in [-0.3, -0.25) is 13.6 Å². The first-order chi connectivity index (χ1) is 13.0. The zero-order chi connectivity index (χ0) is 18.9. The maximum atomic E-state index is 12.8. The molecule has 2 N–H and O–H groups in total. The van der Waals surface area contributed by atoms with Gasteiger partial charge >= 0.3 is 7.82 Å². The normalized spacial score (nSPS) is 22.9. The molecule has 27 heavy (non-hydrogen) atoms. The number of imidazole rings is 1. The topological polar surface area (TPSA) is 114 Å². The lowest BCUT2D eigenvalue weighted by molar-refractivity contribution is 0.0274. The number of fused-ring (bicyclic) bond motifs is 1. The molecule has 11 heteroatoms. The summed E-state index contributed by atoms with van der Waals surface area (Å²) in [5, 5.41) is 0.589. The standard InChI is InChI=1S/C16H17ClN5O4P/c17-12-3-1-2-11(8-12)13-4-6-24-27(23,26-13)25-7-5-22-10-21-14-15(18)19-9-20-16(14)22/h1-3,8-10,13H,4-7H2,(H2,18,19,20)/t13-,27+/m0/s1. The second-order valence-electron chi connectivity index (χ2n) is 5.92. The fourth-order valence-electron chi connectivity index (χ4n) is 2.83. The van der Waals surface area contributed by atoms with E-state index in [0.29, 0.717) is 35.0 Å². The number of phosphoric acid groups is 1. The highest BCUT2D eigenvalue weighted by atomic mass is 35.5. The summed E-state index contributed by atoms with van der Waals surface area (Å²) >= 11 is 6.02. The van der Waals surface area contributed by atoms with Gasteiger partial charge in [-0.15, -0.1) is 0 Å². The Morgan fingerprint density at radius 3 is 3.11 bits per heavy atom. The molecular formula is C16H17ClN5O4P. The third-order valence-electron chi connectivity index (χ3n) is 4.12. The van der Waals surface area contributed by atoms with E-state index in [9.17, 15) is 4.57 Å². The van der Waals surface area contributed by atoms with Gasteiger partial charge < -0.3 is 10.3 Å². The van der Waals surface area contributed by atoms with Crippen LogP contribution in [0.15, 0.2) is 36.9 Å².